The maximum absolute atomic E-state index is 11.0. The van der Waals surface area contributed by atoms with Crippen molar-refractivity contribution in [1.82, 2.24) is 4.90 Å². The van der Waals surface area contributed by atoms with Crippen LogP contribution < -0.4 is 0 Å². The molecule has 1 rings (SSSR count). The average Bonchev–Trinajstić information content (AvgIpc) is 2.05. The minimum absolute atomic E-state index is 0.149. The van der Waals surface area contributed by atoms with E-state index in [1.807, 2.05) is 0 Å². The number of carbonyl (C=O) groups is 1. The van der Waals surface area contributed by atoms with Crippen LogP contribution in [0.15, 0.2) is 0 Å². The van der Waals surface area contributed by atoms with Gasteiger partial charge in [-0.15, -0.1) is 0 Å². The molecule has 0 amide bonds. The SMILES string of the molecule is CCCN1CCOC(C(C)=O)C1. The highest BCUT2D eigenvalue weighted by Gasteiger charge is 2.22. The quantitative estimate of drug-likeness (QED) is 0.625. The smallest absolute Gasteiger partial charge is 0.159 e. The van der Waals surface area contributed by atoms with Gasteiger partial charge in [0, 0.05) is 13.1 Å². The van der Waals surface area contributed by atoms with Crippen LogP contribution >= 0.6 is 0 Å². The molecule has 0 aromatic rings. The Bertz CT molecular complexity index is 157. The van der Waals surface area contributed by atoms with Gasteiger partial charge in [0.15, 0.2) is 5.78 Å². The van der Waals surface area contributed by atoms with Crippen LogP contribution in [0, 0.1) is 0 Å². The number of morpholine rings is 1. The molecule has 1 heterocycles. The maximum atomic E-state index is 11.0. The molecule has 0 bridgehead atoms. The Balaban J connectivity index is 2.35. The zero-order valence-electron chi connectivity index (χ0n) is 7.88. The molecule has 0 spiro atoms. The van der Waals surface area contributed by atoms with Gasteiger partial charge in [-0.3, -0.25) is 9.69 Å². The molecule has 1 unspecified atom stereocenters. The van der Waals surface area contributed by atoms with Crippen LogP contribution in [0.1, 0.15) is 20.3 Å². The third kappa shape index (κ3) is 2.57. The van der Waals surface area contributed by atoms with Crippen LogP contribution in [0.2, 0.25) is 0 Å². The van der Waals surface area contributed by atoms with E-state index >= 15 is 0 Å². The van der Waals surface area contributed by atoms with Gasteiger partial charge in [0.2, 0.25) is 0 Å². The Labute approximate surface area is 73.7 Å². The lowest BCUT2D eigenvalue weighted by Gasteiger charge is -2.31. The molecule has 12 heavy (non-hydrogen) atoms. The second kappa shape index (κ2) is 4.58. The highest BCUT2D eigenvalue weighted by molar-refractivity contribution is 5.80. The van der Waals surface area contributed by atoms with Crippen LogP contribution in [0.25, 0.3) is 0 Å². The number of carbonyl (C=O) groups excluding carboxylic acids is 1. The van der Waals surface area contributed by atoms with Gasteiger partial charge in [0.25, 0.3) is 0 Å². The summed E-state index contributed by atoms with van der Waals surface area (Å²) in [7, 11) is 0. The number of hydrogen-bond acceptors (Lipinski definition) is 3. The highest BCUT2D eigenvalue weighted by Crippen LogP contribution is 2.06. The highest BCUT2D eigenvalue weighted by atomic mass is 16.5. The zero-order chi connectivity index (χ0) is 8.97. The number of ether oxygens (including phenoxy) is 1. The topological polar surface area (TPSA) is 29.5 Å². The van der Waals surface area contributed by atoms with Crippen molar-refractivity contribution in [2.24, 2.45) is 0 Å². The Morgan fingerprint density at radius 2 is 2.42 bits per heavy atom. The molecule has 0 aliphatic carbocycles. The standard InChI is InChI=1S/C9H17NO2/c1-3-4-10-5-6-12-9(7-10)8(2)11/h9H,3-7H2,1-2H3. The van der Waals surface area contributed by atoms with Crippen molar-refractivity contribution in [2.45, 2.75) is 26.4 Å². The molecule has 70 valence electrons. The summed E-state index contributed by atoms with van der Waals surface area (Å²) >= 11 is 0. The summed E-state index contributed by atoms with van der Waals surface area (Å²) in [5, 5.41) is 0. The first-order valence-electron chi connectivity index (χ1n) is 4.58. The fourth-order valence-corrected chi connectivity index (χ4v) is 1.47. The molecular weight excluding hydrogens is 154 g/mol. The van der Waals surface area contributed by atoms with E-state index in [1.54, 1.807) is 6.92 Å². The maximum Gasteiger partial charge on any atom is 0.159 e. The average molecular weight is 171 g/mol. The molecule has 0 N–H and O–H groups in total. The fourth-order valence-electron chi connectivity index (χ4n) is 1.47. The fraction of sp³-hybridized carbons (Fsp3) is 0.889. The monoisotopic (exact) mass is 171 g/mol. The van der Waals surface area contributed by atoms with Crippen molar-refractivity contribution >= 4 is 5.78 Å². The summed E-state index contributed by atoms with van der Waals surface area (Å²) in [5.74, 6) is 0.149. The van der Waals surface area contributed by atoms with Gasteiger partial charge in [-0.2, -0.15) is 0 Å². The summed E-state index contributed by atoms with van der Waals surface area (Å²) in [6.07, 6.45) is 0.968. The molecule has 1 fully saturated rings. The largest absolute Gasteiger partial charge is 0.368 e. The Hall–Kier alpha value is -0.410. The number of Topliss-reactive ketones (excluding diaryl/α,β-unsaturated/α-hetero) is 1. The van der Waals surface area contributed by atoms with Crippen LogP contribution in [-0.4, -0.2) is 43.0 Å². The summed E-state index contributed by atoms with van der Waals surface area (Å²) < 4.78 is 5.32. The molecule has 0 radical (unpaired) electrons. The predicted molar refractivity (Wildman–Crippen MR) is 47.2 cm³/mol. The molecule has 3 nitrogen and oxygen atoms in total. The molecule has 1 aliphatic heterocycles. The van der Waals surface area contributed by atoms with Crippen molar-refractivity contribution in [2.75, 3.05) is 26.2 Å². The first-order chi connectivity index (χ1) is 5.74. The molecule has 0 aromatic carbocycles. The van der Waals surface area contributed by atoms with Crippen molar-refractivity contribution in [3.8, 4) is 0 Å². The third-order valence-electron chi connectivity index (χ3n) is 2.14. The summed E-state index contributed by atoms with van der Waals surface area (Å²) in [6, 6.07) is 0. The zero-order valence-corrected chi connectivity index (χ0v) is 7.88. The molecule has 0 saturated carbocycles. The van der Waals surface area contributed by atoms with Gasteiger partial charge in [-0.05, 0) is 19.9 Å². The van der Waals surface area contributed by atoms with E-state index in [2.05, 4.69) is 11.8 Å². The Morgan fingerprint density at radius 3 is 3.00 bits per heavy atom. The van der Waals surface area contributed by atoms with Gasteiger partial charge in [0.05, 0.1) is 6.61 Å². The van der Waals surface area contributed by atoms with Crippen LogP contribution in [-0.2, 0) is 9.53 Å². The second-order valence-corrected chi connectivity index (χ2v) is 3.27. The molecule has 3 heteroatoms. The van der Waals surface area contributed by atoms with Crippen molar-refractivity contribution < 1.29 is 9.53 Å². The van der Waals surface area contributed by atoms with Crippen molar-refractivity contribution in [3.63, 3.8) is 0 Å². The van der Waals surface area contributed by atoms with Gasteiger partial charge in [-0.1, -0.05) is 6.92 Å². The van der Waals surface area contributed by atoms with E-state index in [0.717, 1.165) is 26.1 Å². The normalized spacial score (nSPS) is 25.7. The van der Waals surface area contributed by atoms with E-state index in [-0.39, 0.29) is 11.9 Å². The predicted octanol–water partition coefficient (Wildman–Crippen LogP) is 0.686. The van der Waals surface area contributed by atoms with E-state index < -0.39 is 0 Å². The summed E-state index contributed by atoms with van der Waals surface area (Å²) in [6.45, 7) is 7.27. The van der Waals surface area contributed by atoms with Gasteiger partial charge < -0.3 is 4.74 Å². The summed E-state index contributed by atoms with van der Waals surface area (Å²) in [5.41, 5.74) is 0. The van der Waals surface area contributed by atoms with E-state index in [4.69, 9.17) is 4.74 Å². The lowest BCUT2D eigenvalue weighted by Crippen LogP contribution is -2.45. The lowest BCUT2D eigenvalue weighted by molar-refractivity contribution is -0.133. The molecule has 0 aromatic heterocycles. The Morgan fingerprint density at radius 1 is 1.67 bits per heavy atom. The molecule has 1 saturated heterocycles. The minimum atomic E-state index is -0.176. The molecule has 1 atom stereocenters. The van der Waals surface area contributed by atoms with E-state index in [9.17, 15) is 4.79 Å². The van der Waals surface area contributed by atoms with Crippen LogP contribution in [0.4, 0.5) is 0 Å². The molecule has 1 aliphatic rings. The van der Waals surface area contributed by atoms with Crippen molar-refractivity contribution in [1.29, 1.82) is 0 Å². The number of nitrogens with zero attached hydrogens (tertiary/aromatic N) is 1. The lowest BCUT2D eigenvalue weighted by atomic mass is 10.2. The van der Waals surface area contributed by atoms with E-state index in [1.165, 1.54) is 0 Å². The first-order valence-corrected chi connectivity index (χ1v) is 4.58. The molecular formula is C9H17NO2. The van der Waals surface area contributed by atoms with Crippen LogP contribution in [0.3, 0.4) is 0 Å². The van der Waals surface area contributed by atoms with Gasteiger partial charge in [-0.25, -0.2) is 0 Å². The van der Waals surface area contributed by atoms with Gasteiger partial charge >= 0.3 is 0 Å². The number of rotatable bonds is 3. The number of hydrogen-bond donors (Lipinski definition) is 0. The third-order valence-corrected chi connectivity index (χ3v) is 2.14. The Kier molecular flexibility index (Phi) is 3.69. The number of ketones is 1. The van der Waals surface area contributed by atoms with Crippen LogP contribution in [0.5, 0.6) is 0 Å². The summed E-state index contributed by atoms with van der Waals surface area (Å²) in [4.78, 5) is 13.3. The minimum Gasteiger partial charge on any atom is -0.368 e. The van der Waals surface area contributed by atoms with E-state index in [0.29, 0.717) is 6.61 Å². The van der Waals surface area contributed by atoms with Gasteiger partial charge in [0.1, 0.15) is 6.10 Å². The first kappa shape index (κ1) is 9.68. The second-order valence-electron chi connectivity index (χ2n) is 3.27. The van der Waals surface area contributed by atoms with Crippen molar-refractivity contribution in [3.05, 3.63) is 0 Å².